The minimum atomic E-state index is 0.651. The second-order valence-corrected chi connectivity index (χ2v) is 3.23. The van der Waals surface area contributed by atoms with E-state index < -0.39 is 0 Å². The minimum absolute atomic E-state index is 0.651. The Labute approximate surface area is 67.0 Å². The summed E-state index contributed by atoms with van der Waals surface area (Å²) in [6.45, 7) is 6.11. The summed E-state index contributed by atoms with van der Waals surface area (Å²) in [5, 5.41) is 11.1. The van der Waals surface area contributed by atoms with Gasteiger partial charge in [-0.25, -0.2) is 0 Å². The van der Waals surface area contributed by atoms with Crippen molar-refractivity contribution in [2.75, 3.05) is 13.2 Å². The Bertz CT molecular complexity index is 171. The third-order valence-electron chi connectivity index (χ3n) is 1.65. The molecule has 0 aromatic rings. The Morgan fingerprint density at radius 2 is 2.27 bits per heavy atom. The van der Waals surface area contributed by atoms with Gasteiger partial charge in [0.2, 0.25) is 11.9 Å². The van der Waals surface area contributed by atoms with Gasteiger partial charge in [0, 0.05) is 0 Å². The van der Waals surface area contributed by atoms with Crippen molar-refractivity contribution in [1.82, 2.24) is 0 Å². The molecule has 4 nitrogen and oxygen atoms in total. The molecule has 0 unspecified atom stereocenters. The lowest BCUT2D eigenvalue weighted by molar-refractivity contribution is -0.584. The quantitative estimate of drug-likeness (QED) is 0.558. The maximum atomic E-state index is 3.82. The standard InChI is InChI=1S/C7H15N4/c1-7(2)4-3-5-11-6-8-9-10-11/h7H,3-6H2,1-2H3/q+1. The van der Waals surface area contributed by atoms with Gasteiger partial charge in [0.1, 0.15) is 6.54 Å². The maximum Gasteiger partial charge on any atom is 0.243 e. The van der Waals surface area contributed by atoms with E-state index in [1.54, 1.807) is 0 Å². The molecule has 0 radical (unpaired) electrons. The van der Waals surface area contributed by atoms with Crippen LogP contribution in [0.25, 0.3) is 0 Å². The SMILES string of the molecule is CC(C)CCC[N+]1=NN=NC1. The van der Waals surface area contributed by atoms with E-state index in [0.29, 0.717) is 6.67 Å². The number of hydrogen-bond acceptors (Lipinski definition) is 3. The minimum Gasteiger partial charge on any atom is -0.138 e. The predicted octanol–water partition coefficient (Wildman–Crippen LogP) is 2.23. The molecule has 0 amide bonds. The van der Waals surface area contributed by atoms with Gasteiger partial charge < -0.3 is 0 Å². The van der Waals surface area contributed by atoms with Crippen LogP contribution in [0.3, 0.4) is 0 Å². The zero-order valence-electron chi connectivity index (χ0n) is 7.19. The molecule has 1 aliphatic heterocycles. The van der Waals surface area contributed by atoms with E-state index >= 15 is 0 Å². The van der Waals surface area contributed by atoms with Gasteiger partial charge in [-0.1, -0.05) is 13.8 Å². The fourth-order valence-electron chi connectivity index (χ4n) is 1.01. The summed E-state index contributed by atoms with van der Waals surface area (Å²) in [7, 11) is 0. The van der Waals surface area contributed by atoms with Gasteiger partial charge in [-0.15, -0.1) is 4.70 Å². The summed E-state index contributed by atoms with van der Waals surface area (Å²) in [5.41, 5.74) is 0. The van der Waals surface area contributed by atoms with Crippen LogP contribution in [0.15, 0.2) is 15.6 Å². The fourth-order valence-corrected chi connectivity index (χ4v) is 1.01. The van der Waals surface area contributed by atoms with E-state index in [2.05, 4.69) is 29.4 Å². The average Bonchev–Trinajstić information content (AvgIpc) is 2.39. The molecule has 0 saturated carbocycles. The smallest absolute Gasteiger partial charge is 0.138 e. The van der Waals surface area contributed by atoms with Crippen molar-refractivity contribution in [2.24, 2.45) is 21.5 Å². The van der Waals surface area contributed by atoms with E-state index in [0.717, 1.165) is 12.5 Å². The van der Waals surface area contributed by atoms with Crippen molar-refractivity contribution in [3.8, 4) is 0 Å². The molecule has 11 heavy (non-hydrogen) atoms. The van der Waals surface area contributed by atoms with Crippen molar-refractivity contribution in [3.63, 3.8) is 0 Å². The van der Waals surface area contributed by atoms with Crippen LogP contribution >= 0.6 is 0 Å². The van der Waals surface area contributed by atoms with Crippen LogP contribution in [0.5, 0.6) is 0 Å². The van der Waals surface area contributed by atoms with Crippen molar-refractivity contribution >= 4 is 0 Å². The van der Waals surface area contributed by atoms with Crippen molar-refractivity contribution in [1.29, 1.82) is 0 Å². The van der Waals surface area contributed by atoms with E-state index in [9.17, 15) is 0 Å². The molecule has 0 spiro atoms. The summed E-state index contributed by atoms with van der Waals surface area (Å²) in [4.78, 5) is 0. The number of rotatable bonds is 4. The Balaban J connectivity index is 2.04. The van der Waals surface area contributed by atoms with Gasteiger partial charge in [-0.3, -0.25) is 0 Å². The second-order valence-electron chi connectivity index (χ2n) is 3.23. The normalized spacial score (nSPS) is 16.1. The van der Waals surface area contributed by atoms with Crippen molar-refractivity contribution in [2.45, 2.75) is 26.7 Å². The molecule has 0 saturated heterocycles. The molecule has 0 atom stereocenters. The third kappa shape index (κ3) is 3.20. The van der Waals surface area contributed by atoms with Gasteiger partial charge in [-0.05, 0) is 23.9 Å². The Morgan fingerprint density at radius 1 is 1.45 bits per heavy atom. The van der Waals surface area contributed by atoms with Crippen LogP contribution in [0.1, 0.15) is 26.7 Å². The van der Waals surface area contributed by atoms with Crippen LogP contribution in [0.4, 0.5) is 0 Å². The molecular formula is C7H15N4+. The largest absolute Gasteiger partial charge is 0.243 e. The summed E-state index contributed by atoms with van der Waals surface area (Å²) in [5.74, 6) is 0.784. The lowest BCUT2D eigenvalue weighted by Crippen LogP contribution is -2.08. The van der Waals surface area contributed by atoms with Crippen LogP contribution in [-0.4, -0.2) is 17.9 Å². The summed E-state index contributed by atoms with van der Waals surface area (Å²) < 4.78 is 1.89. The van der Waals surface area contributed by atoms with Crippen molar-refractivity contribution in [3.05, 3.63) is 0 Å². The first-order chi connectivity index (χ1) is 5.29. The second kappa shape index (κ2) is 4.16. The van der Waals surface area contributed by atoms with Crippen LogP contribution in [0, 0.1) is 5.92 Å². The number of nitrogens with zero attached hydrogens (tertiary/aromatic N) is 4. The lowest BCUT2D eigenvalue weighted by atomic mass is 10.1. The first-order valence-corrected chi connectivity index (χ1v) is 4.11. The summed E-state index contributed by atoms with van der Waals surface area (Å²) in [6.07, 6.45) is 2.44. The first-order valence-electron chi connectivity index (χ1n) is 4.11. The van der Waals surface area contributed by atoms with Crippen molar-refractivity contribution < 1.29 is 4.70 Å². The van der Waals surface area contributed by atoms with Crippen LogP contribution < -0.4 is 0 Å². The molecule has 1 aliphatic rings. The molecular weight excluding hydrogens is 140 g/mol. The Hall–Kier alpha value is -0.800. The molecule has 0 aromatic carbocycles. The average molecular weight is 155 g/mol. The van der Waals surface area contributed by atoms with Gasteiger partial charge in [0.15, 0.2) is 5.22 Å². The van der Waals surface area contributed by atoms with E-state index in [1.165, 1.54) is 12.8 Å². The highest BCUT2D eigenvalue weighted by molar-refractivity contribution is 4.43. The van der Waals surface area contributed by atoms with Gasteiger partial charge in [0.25, 0.3) is 0 Å². The van der Waals surface area contributed by atoms with Gasteiger partial charge >= 0.3 is 0 Å². The zero-order valence-corrected chi connectivity index (χ0v) is 7.19. The van der Waals surface area contributed by atoms with E-state index in [-0.39, 0.29) is 0 Å². The molecule has 0 fully saturated rings. The summed E-state index contributed by atoms with van der Waals surface area (Å²) in [6, 6.07) is 0. The third-order valence-corrected chi connectivity index (χ3v) is 1.65. The molecule has 0 N–H and O–H groups in total. The highest BCUT2D eigenvalue weighted by atomic mass is 15.6. The van der Waals surface area contributed by atoms with E-state index in [1.807, 2.05) is 4.70 Å². The topological polar surface area (TPSA) is 40.1 Å². The summed E-state index contributed by atoms with van der Waals surface area (Å²) >= 11 is 0. The predicted molar refractivity (Wildman–Crippen MR) is 41.4 cm³/mol. The molecule has 62 valence electrons. The monoisotopic (exact) mass is 155 g/mol. The van der Waals surface area contributed by atoms with Crippen LogP contribution in [-0.2, 0) is 0 Å². The highest BCUT2D eigenvalue weighted by Gasteiger charge is 2.08. The maximum absolute atomic E-state index is 3.82. The Morgan fingerprint density at radius 3 is 2.82 bits per heavy atom. The Kier molecular flexibility index (Phi) is 3.14. The van der Waals surface area contributed by atoms with E-state index in [4.69, 9.17) is 0 Å². The zero-order chi connectivity index (χ0) is 8.10. The molecule has 0 aliphatic carbocycles. The van der Waals surface area contributed by atoms with Gasteiger partial charge in [-0.2, -0.15) is 0 Å². The molecule has 1 rings (SSSR count). The fraction of sp³-hybridized carbons (Fsp3) is 1.00. The first kappa shape index (κ1) is 8.30. The lowest BCUT2D eigenvalue weighted by Gasteiger charge is -2.00. The highest BCUT2D eigenvalue weighted by Crippen LogP contribution is 2.04. The number of hydrogen-bond donors (Lipinski definition) is 0. The molecule has 1 heterocycles. The van der Waals surface area contributed by atoms with Gasteiger partial charge in [0.05, 0.1) is 0 Å². The molecule has 0 bridgehead atoms. The van der Waals surface area contributed by atoms with Crippen LogP contribution in [0.2, 0.25) is 0 Å². The molecule has 4 heteroatoms. The molecule has 0 aromatic heterocycles.